The van der Waals surface area contributed by atoms with Gasteiger partial charge in [-0.25, -0.2) is 4.39 Å². The summed E-state index contributed by atoms with van der Waals surface area (Å²) in [6.07, 6.45) is 6.24. The van der Waals surface area contributed by atoms with Crippen LogP contribution < -0.4 is 21.9 Å². The predicted octanol–water partition coefficient (Wildman–Crippen LogP) is 3.63. The summed E-state index contributed by atoms with van der Waals surface area (Å²) in [7, 11) is 0. The molecule has 1 aromatic carbocycles. The fourth-order valence-corrected chi connectivity index (χ4v) is 5.04. The number of primary amides is 1. The number of thiophene rings is 1. The molecule has 0 radical (unpaired) electrons. The average molecular weight is 546 g/mol. The second-order valence-electron chi connectivity index (χ2n) is 9.04. The van der Waals surface area contributed by atoms with Crippen molar-refractivity contribution in [2.45, 2.75) is 37.8 Å². The minimum Gasteiger partial charge on any atom is -0.365 e. The van der Waals surface area contributed by atoms with Gasteiger partial charge < -0.3 is 16.4 Å². The number of nitrogens with two attached hydrogens (primary N) is 1. The first kappa shape index (κ1) is 27.0. The molecule has 2 aromatic heterocycles. The lowest BCUT2D eigenvalue weighted by Crippen LogP contribution is -2.42. The lowest BCUT2D eigenvalue weighted by molar-refractivity contribution is -0.117. The number of hydrogen-bond acceptors (Lipinski definition) is 6. The Morgan fingerprint density at radius 3 is 2.57 bits per heavy atom. The van der Waals surface area contributed by atoms with Crippen LogP contribution in [0, 0.1) is 5.82 Å². The number of nitrogens with one attached hydrogen (secondary N) is 2. The highest BCUT2D eigenvalue weighted by Gasteiger charge is 2.29. The smallest absolute Gasteiger partial charge is 0.258 e. The molecule has 5 rings (SSSR count). The van der Waals surface area contributed by atoms with E-state index in [1.165, 1.54) is 46.9 Å². The number of halogens is 2. The zero-order valence-electron chi connectivity index (χ0n) is 20.2. The number of anilines is 1. The van der Waals surface area contributed by atoms with Gasteiger partial charge >= 0.3 is 0 Å². The molecule has 2 amide bonds. The van der Waals surface area contributed by atoms with Crippen LogP contribution >= 0.6 is 22.9 Å². The number of carbonyl (C=O) groups excluding carboxylic acids is 2. The number of amides is 2. The molecule has 3 aromatic rings. The third kappa shape index (κ3) is 7.72. The minimum atomic E-state index is -0.560. The molecule has 37 heavy (non-hydrogen) atoms. The molecule has 3 heterocycles. The number of benzene rings is 1. The van der Waals surface area contributed by atoms with Crippen LogP contribution in [-0.4, -0.2) is 53.0 Å². The Morgan fingerprint density at radius 2 is 1.95 bits per heavy atom. The summed E-state index contributed by atoms with van der Waals surface area (Å²) in [5.74, 6) is -1.20. The molecule has 11 heteroatoms. The van der Waals surface area contributed by atoms with Crippen molar-refractivity contribution in [2.24, 2.45) is 5.73 Å². The second-order valence-corrected chi connectivity index (χ2v) is 10.8. The molecule has 196 valence electrons. The van der Waals surface area contributed by atoms with Crippen molar-refractivity contribution in [2.75, 3.05) is 25.0 Å². The van der Waals surface area contributed by atoms with Gasteiger partial charge in [-0.05, 0) is 62.6 Å². The second kappa shape index (κ2) is 12.5. The van der Waals surface area contributed by atoms with Crippen molar-refractivity contribution >= 4 is 40.4 Å². The van der Waals surface area contributed by atoms with E-state index in [0.29, 0.717) is 27.0 Å². The fraction of sp³-hybridized carbons (Fsp3) is 0.346. The SMILES string of the molecule is NC(=O)c1ccc(Cl)s1.O=C(CN1CCCC1CNC1CC1)Nc1ccc(-n2ccccc2=O)cc1F. The number of rotatable bonds is 8. The first-order valence-corrected chi connectivity index (χ1v) is 13.3. The van der Waals surface area contributed by atoms with Crippen molar-refractivity contribution in [1.29, 1.82) is 0 Å². The van der Waals surface area contributed by atoms with Crippen molar-refractivity contribution in [1.82, 2.24) is 14.8 Å². The number of nitrogens with zero attached hydrogens (tertiary/aromatic N) is 2. The topological polar surface area (TPSA) is 109 Å². The highest BCUT2D eigenvalue weighted by Crippen LogP contribution is 2.22. The molecule has 2 aliphatic rings. The summed E-state index contributed by atoms with van der Waals surface area (Å²) < 4.78 is 16.4. The Hall–Kier alpha value is -3.05. The van der Waals surface area contributed by atoms with E-state index < -0.39 is 11.7 Å². The molecule has 1 saturated carbocycles. The van der Waals surface area contributed by atoms with E-state index in [0.717, 1.165) is 25.9 Å². The molecule has 1 atom stereocenters. The van der Waals surface area contributed by atoms with Gasteiger partial charge in [-0.1, -0.05) is 17.7 Å². The van der Waals surface area contributed by atoms with Crippen LogP contribution in [0.4, 0.5) is 10.1 Å². The molecular weight excluding hydrogens is 517 g/mol. The molecule has 0 bridgehead atoms. The maximum Gasteiger partial charge on any atom is 0.258 e. The van der Waals surface area contributed by atoms with Gasteiger partial charge in [0, 0.05) is 37.0 Å². The Kier molecular flexibility index (Phi) is 9.09. The van der Waals surface area contributed by atoms with Gasteiger partial charge in [0.1, 0.15) is 5.82 Å². The van der Waals surface area contributed by atoms with Gasteiger partial charge in [0.05, 0.1) is 27.1 Å². The Bertz CT molecular complexity index is 1310. The van der Waals surface area contributed by atoms with Crippen LogP contribution in [0.3, 0.4) is 0 Å². The summed E-state index contributed by atoms with van der Waals surface area (Å²) in [6.45, 7) is 2.06. The molecule has 0 spiro atoms. The van der Waals surface area contributed by atoms with E-state index in [-0.39, 0.29) is 23.7 Å². The molecule has 8 nitrogen and oxygen atoms in total. The first-order valence-electron chi connectivity index (χ1n) is 12.1. The molecule has 1 aliphatic heterocycles. The Balaban J connectivity index is 0.000000301. The predicted molar refractivity (Wildman–Crippen MR) is 144 cm³/mol. The monoisotopic (exact) mass is 545 g/mol. The lowest BCUT2D eigenvalue weighted by Gasteiger charge is -2.24. The van der Waals surface area contributed by atoms with Gasteiger partial charge in [0.2, 0.25) is 5.91 Å². The third-order valence-electron chi connectivity index (χ3n) is 6.21. The summed E-state index contributed by atoms with van der Waals surface area (Å²) in [5, 5.41) is 6.19. The zero-order valence-corrected chi connectivity index (χ0v) is 21.7. The molecule has 1 saturated heterocycles. The number of aromatic nitrogens is 1. The van der Waals surface area contributed by atoms with Gasteiger partial charge in [-0.15, -0.1) is 11.3 Å². The van der Waals surface area contributed by atoms with Gasteiger partial charge in [0.15, 0.2) is 0 Å². The van der Waals surface area contributed by atoms with Gasteiger partial charge in [-0.2, -0.15) is 0 Å². The van der Waals surface area contributed by atoms with Crippen LogP contribution in [0.5, 0.6) is 0 Å². The number of pyridine rings is 1. The standard InChI is InChI=1S/C21H25FN4O2.C5H4ClNOS/c22-18-12-16(26-11-2-1-5-21(26)28)8-9-19(18)24-20(27)14-25-10-3-4-17(25)13-23-15-6-7-15;6-4-2-1-3(9-4)5(7)8/h1-2,5,8-9,11-12,15,17,23H,3-4,6-7,10,13-14H2,(H,24,27);1-2H,(H2,7,8). The largest absolute Gasteiger partial charge is 0.365 e. The maximum absolute atomic E-state index is 14.5. The van der Waals surface area contributed by atoms with E-state index in [1.807, 2.05) is 0 Å². The first-order chi connectivity index (χ1) is 17.8. The van der Waals surface area contributed by atoms with E-state index in [4.69, 9.17) is 17.3 Å². The minimum absolute atomic E-state index is 0.129. The summed E-state index contributed by atoms with van der Waals surface area (Å²) in [4.78, 5) is 37.4. The van der Waals surface area contributed by atoms with Crippen molar-refractivity contribution < 1.29 is 14.0 Å². The van der Waals surface area contributed by atoms with Gasteiger partial charge in [-0.3, -0.25) is 23.9 Å². The van der Waals surface area contributed by atoms with Crippen LogP contribution in [0.25, 0.3) is 5.69 Å². The zero-order chi connectivity index (χ0) is 26.4. The van der Waals surface area contributed by atoms with Crippen LogP contribution in [0.2, 0.25) is 4.34 Å². The fourth-order valence-electron chi connectivity index (χ4n) is 4.14. The quantitative estimate of drug-likeness (QED) is 0.400. The molecule has 4 N–H and O–H groups in total. The lowest BCUT2D eigenvalue weighted by atomic mass is 10.2. The molecule has 1 unspecified atom stereocenters. The van der Waals surface area contributed by atoms with Crippen LogP contribution in [-0.2, 0) is 4.79 Å². The van der Waals surface area contributed by atoms with Crippen molar-refractivity contribution in [3.05, 3.63) is 80.1 Å². The molecular formula is C26H29ClFN5O3S. The van der Waals surface area contributed by atoms with Crippen LogP contribution in [0.15, 0.2) is 59.5 Å². The van der Waals surface area contributed by atoms with E-state index in [2.05, 4.69) is 15.5 Å². The van der Waals surface area contributed by atoms with Gasteiger partial charge in [0.25, 0.3) is 11.5 Å². The Morgan fingerprint density at radius 1 is 1.14 bits per heavy atom. The van der Waals surface area contributed by atoms with E-state index in [1.54, 1.807) is 36.5 Å². The van der Waals surface area contributed by atoms with E-state index >= 15 is 0 Å². The number of hydrogen-bond donors (Lipinski definition) is 3. The third-order valence-corrected chi connectivity index (χ3v) is 7.45. The summed E-state index contributed by atoms with van der Waals surface area (Å²) in [6, 6.07) is 13.4. The summed E-state index contributed by atoms with van der Waals surface area (Å²) >= 11 is 6.70. The number of carbonyl (C=O) groups is 2. The highest BCUT2D eigenvalue weighted by atomic mass is 35.5. The maximum atomic E-state index is 14.5. The normalized spacial score (nSPS) is 17.2. The molecule has 2 fully saturated rings. The van der Waals surface area contributed by atoms with Crippen molar-refractivity contribution in [3.8, 4) is 5.69 Å². The summed E-state index contributed by atoms with van der Waals surface area (Å²) in [5.41, 5.74) is 5.25. The number of likely N-dealkylation sites (tertiary alicyclic amines) is 1. The molecule has 1 aliphatic carbocycles. The van der Waals surface area contributed by atoms with Crippen LogP contribution in [0.1, 0.15) is 35.4 Å². The van der Waals surface area contributed by atoms with Crippen molar-refractivity contribution in [3.63, 3.8) is 0 Å². The highest BCUT2D eigenvalue weighted by molar-refractivity contribution is 7.17. The Labute approximate surface area is 223 Å². The average Bonchev–Trinajstić information content (AvgIpc) is 3.43. The van der Waals surface area contributed by atoms with E-state index in [9.17, 15) is 18.8 Å².